The third-order valence-corrected chi connectivity index (χ3v) is 4.16. The summed E-state index contributed by atoms with van der Waals surface area (Å²) in [7, 11) is 0. The molecule has 2 aromatic heterocycles. The molecule has 0 spiro atoms. The molecule has 126 valence electrons. The van der Waals surface area contributed by atoms with E-state index in [-0.39, 0.29) is 11.9 Å². The lowest BCUT2D eigenvalue weighted by Gasteiger charge is -2.19. The third-order valence-electron chi connectivity index (χ3n) is 4.16. The first-order valence-corrected chi connectivity index (χ1v) is 8.30. The molecule has 1 unspecified atom stereocenters. The molecule has 0 saturated carbocycles. The van der Waals surface area contributed by atoms with E-state index >= 15 is 0 Å². The average Bonchev–Trinajstić information content (AvgIpc) is 2.92. The number of aryl methyl sites for hydroxylation is 1. The molecule has 6 nitrogen and oxygen atoms in total. The van der Waals surface area contributed by atoms with Gasteiger partial charge in [0, 0.05) is 12.2 Å². The van der Waals surface area contributed by atoms with Crippen molar-refractivity contribution in [2.75, 3.05) is 19.6 Å². The Labute approximate surface area is 137 Å². The van der Waals surface area contributed by atoms with Crippen LogP contribution in [0.15, 0.2) is 16.8 Å². The van der Waals surface area contributed by atoms with Crippen molar-refractivity contribution in [1.29, 1.82) is 0 Å². The van der Waals surface area contributed by atoms with E-state index in [1.807, 2.05) is 13.8 Å². The molecular formula is C17H26N4O2. The van der Waals surface area contributed by atoms with Gasteiger partial charge in [-0.15, -0.1) is 0 Å². The lowest BCUT2D eigenvalue weighted by atomic mass is 10.1. The average molecular weight is 318 g/mol. The highest BCUT2D eigenvalue weighted by Gasteiger charge is 2.13. The second kappa shape index (κ2) is 8.06. The zero-order valence-electron chi connectivity index (χ0n) is 14.4. The van der Waals surface area contributed by atoms with E-state index in [1.54, 1.807) is 6.07 Å². The van der Waals surface area contributed by atoms with Gasteiger partial charge in [-0.25, -0.2) is 4.98 Å². The number of rotatable bonds is 8. The van der Waals surface area contributed by atoms with E-state index < -0.39 is 0 Å². The summed E-state index contributed by atoms with van der Waals surface area (Å²) in [5, 5.41) is 7.67. The fraction of sp³-hybridized carbons (Fsp3) is 0.588. The second-order valence-electron chi connectivity index (χ2n) is 5.89. The van der Waals surface area contributed by atoms with Crippen molar-refractivity contribution >= 4 is 17.0 Å². The predicted molar refractivity (Wildman–Crippen MR) is 90.5 cm³/mol. The van der Waals surface area contributed by atoms with Crippen molar-refractivity contribution < 1.29 is 9.32 Å². The largest absolute Gasteiger partial charge is 0.350 e. The minimum absolute atomic E-state index is 0.102. The molecule has 0 aromatic carbocycles. The molecule has 6 heteroatoms. The van der Waals surface area contributed by atoms with Crippen LogP contribution in [0.4, 0.5) is 0 Å². The van der Waals surface area contributed by atoms with Gasteiger partial charge in [0.05, 0.1) is 16.6 Å². The number of nitrogens with one attached hydrogen (secondary N) is 1. The van der Waals surface area contributed by atoms with Gasteiger partial charge < -0.3 is 14.7 Å². The summed E-state index contributed by atoms with van der Waals surface area (Å²) >= 11 is 0. The molecule has 2 rings (SSSR count). The Morgan fingerprint density at radius 1 is 1.39 bits per heavy atom. The number of fused-ring (bicyclic) bond motifs is 1. The summed E-state index contributed by atoms with van der Waals surface area (Å²) in [5.74, 6) is -0.102. The standard InChI is InChI=1S/C17H26N4O2/c1-5-21(6-2)9-7-8-12(3)19-16(22)14-10-15-13(4)20-23-17(15)18-11-14/h10-12H,5-9H2,1-4H3,(H,19,22). The fourth-order valence-corrected chi connectivity index (χ4v) is 2.61. The summed E-state index contributed by atoms with van der Waals surface area (Å²) in [6, 6.07) is 1.92. The molecule has 23 heavy (non-hydrogen) atoms. The summed E-state index contributed by atoms with van der Waals surface area (Å²) in [6.07, 6.45) is 3.57. The number of amides is 1. The van der Waals surface area contributed by atoms with Crippen LogP contribution in [-0.2, 0) is 0 Å². The predicted octanol–water partition coefficient (Wildman–Crippen LogP) is 2.77. The molecule has 1 N–H and O–H groups in total. The van der Waals surface area contributed by atoms with Crippen LogP contribution >= 0.6 is 0 Å². The molecule has 0 aliphatic heterocycles. The lowest BCUT2D eigenvalue weighted by Crippen LogP contribution is -2.33. The van der Waals surface area contributed by atoms with Crippen LogP contribution in [0.5, 0.6) is 0 Å². The lowest BCUT2D eigenvalue weighted by molar-refractivity contribution is 0.0937. The zero-order valence-corrected chi connectivity index (χ0v) is 14.4. The first-order chi connectivity index (χ1) is 11.0. The molecule has 0 radical (unpaired) electrons. The number of hydrogen-bond donors (Lipinski definition) is 1. The van der Waals surface area contributed by atoms with E-state index in [2.05, 4.69) is 34.2 Å². The molecule has 0 aliphatic carbocycles. The molecule has 0 bridgehead atoms. The van der Waals surface area contributed by atoms with Gasteiger partial charge in [0.25, 0.3) is 11.6 Å². The highest BCUT2D eigenvalue weighted by Crippen LogP contribution is 2.16. The Hall–Kier alpha value is -1.95. The molecule has 2 aromatic rings. The van der Waals surface area contributed by atoms with Gasteiger partial charge in [-0.3, -0.25) is 4.79 Å². The van der Waals surface area contributed by atoms with E-state index in [0.717, 1.165) is 43.6 Å². The van der Waals surface area contributed by atoms with Gasteiger partial charge in [-0.2, -0.15) is 0 Å². The maximum atomic E-state index is 12.3. The van der Waals surface area contributed by atoms with Crippen molar-refractivity contribution in [3.8, 4) is 0 Å². The second-order valence-corrected chi connectivity index (χ2v) is 5.89. The Morgan fingerprint density at radius 2 is 2.13 bits per heavy atom. The number of hydrogen-bond acceptors (Lipinski definition) is 5. The molecule has 1 amide bonds. The highest BCUT2D eigenvalue weighted by atomic mass is 16.5. The summed E-state index contributed by atoms with van der Waals surface area (Å²) in [5.41, 5.74) is 1.75. The Kier molecular flexibility index (Phi) is 6.10. The number of nitrogens with zero attached hydrogens (tertiary/aromatic N) is 3. The summed E-state index contributed by atoms with van der Waals surface area (Å²) in [6.45, 7) is 11.4. The van der Waals surface area contributed by atoms with Crippen LogP contribution in [0.1, 0.15) is 49.7 Å². The van der Waals surface area contributed by atoms with Crippen LogP contribution in [-0.4, -0.2) is 46.6 Å². The van der Waals surface area contributed by atoms with Crippen LogP contribution in [0.3, 0.4) is 0 Å². The molecular weight excluding hydrogens is 292 g/mol. The first kappa shape index (κ1) is 17.4. The molecule has 0 fully saturated rings. The minimum atomic E-state index is -0.102. The van der Waals surface area contributed by atoms with E-state index in [4.69, 9.17) is 4.52 Å². The number of carbonyl (C=O) groups is 1. The maximum absolute atomic E-state index is 12.3. The molecule has 0 aliphatic rings. The number of aromatic nitrogens is 2. The van der Waals surface area contributed by atoms with Gasteiger partial charge in [-0.05, 0) is 52.4 Å². The Morgan fingerprint density at radius 3 is 2.83 bits per heavy atom. The number of carbonyl (C=O) groups excluding carboxylic acids is 1. The van der Waals surface area contributed by atoms with E-state index in [9.17, 15) is 4.79 Å². The van der Waals surface area contributed by atoms with E-state index in [1.165, 1.54) is 6.20 Å². The van der Waals surface area contributed by atoms with Gasteiger partial charge in [0.1, 0.15) is 0 Å². The maximum Gasteiger partial charge on any atom is 0.257 e. The van der Waals surface area contributed by atoms with Crippen molar-refractivity contribution in [3.63, 3.8) is 0 Å². The minimum Gasteiger partial charge on any atom is -0.350 e. The van der Waals surface area contributed by atoms with Crippen LogP contribution in [0, 0.1) is 6.92 Å². The normalized spacial score (nSPS) is 12.7. The van der Waals surface area contributed by atoms with Crippen molar-refractivity contribution in [2.45, 2.75) is 46.6 Å². The van der Waals surface area contributed by atoms with Crippen molar-refractivity contribution in [3.05, 3.63) is 23.5 Å². The van der Waals surface area contributed by atoms with Gasteiger partial charge in [-0.1, -0.05) is 19.0 Å². The molecule has 2 heterocycles. The van der Waals surface area contributed by atoms with E-state index in [0.29, 0.717) is 11.3 Å². The quantitative estimate of drug-likeness (QED) is 0.810. The SMILES string of the molecule is CCN(CC)CCCC(C)NC(=O)c1cnc2onc(C)c2c1. The molecule has 1 atom stereocenters. The summed E-state index contributed by atoms with van der Waals surface area (Å²) < 4.78 is 5.06. The van der Waals surface area contributed by atoms with Crippen LogP contribution < -0.4 is 5.32 Å². The highest BCUT2D eigenvalue weighted by molar-refractivity contribution is 5.97. The monoisotopic (exact) mass is 318 g/mol. The van der Waals surface area contributed by atoms with Gasteiger partial charge >= 0.3 is 0 Å². The van der Waals surface area contributed by atoms with Crippen molar-refractivity contribution in [1.82, 2.24) is 20.4 Å². The van der Waals surface area contributed by atoms with Crippen LogP contribution in [0.2, 0.25) is 0 Å². The summed E-state index contributed by atoms with van der Waals surface area (Å²) in [4.78, 5) is 18.9. The van der Waals surface area contributed by atoms with Gasteiger partial charge in [0.2, 0.25) is 0 Å². The molecule has 0 saturated heterocycles. The Bertz CT molecular complexity index is 649. The fourth-order valence-electron chi connectivity index (χ4n) is 2.61. The van der Waals surface area contributed by atoms with Crippen LogP contribution in [0.25, 0.3) is 11.1 Å². The smallest absolute Gasteiger partial charge is 0.257 e. The zero-order chi connectivity index (χ0) is 16.8. The first-order valence-electron chi connectivity index (χ1n) is 8.30. The van der Waals surface area contributed by atoms with Crippen molar-refractivity contribution in [2.24, 2.45) is 0 Å². The Balaban J connectivity index is 1.88. The number of pyridine rings is 1. The third kappa shape index (κ3) is 4.51. The van der Waals surface area contributed by atoms with Gasteiger partial charge in [0.15, 0.2) is 0 Å². The topological polar surface area (TPSA) is 71.3 Å².